The number of amides is 3. The van der Waals surface area contributed by atoms with Gasteiger partial charge in [-0.15, -0.1) is 11.3 Å². The number of aryl methyl sites for hydroxylation is 2. The van der Waals surface area contributed by atoms with Gasteiger partial charge in [-0.3, -0.25) is 19.1 Å². The zero-order valence-corrected chi connectivity index (χ0v) is 37.1. The molecule has 3 amide bonds. The maximum atomic E-state index is 14.9. The molecule has 5 heterocycles. The number of benzene rings is 2. The number of anilines is 1. The van der Waals surface area contributed by atoms with Gasteiger partial charge < -0.3 is 29.4 Å². The van der Waals surface area contributed by atoms with Gasteiger partial charge in [0.05, 0.1) is 23.6 Å². The predicted octanol–water partition coefficient (Wildman–Crippen LogP) is 6.88. The van der Waals surface area contributed by atoms with E-state index < -0.39 is 62.5 Å². The first kappa shape index (κ1) is 42.7. The largest absolute Gasteiger partial charge is 0.491 e. The molecule has 3 N–H and O–H groups in total. The summed E-state index contributed by atoms with van der Waals surface area (Å²) in [4.78, 5) is 60.3. The highest BCUT2D eigenvalue weighted by Crippen LogP contribution is 2.46. The summed E-state index contributed by atoms with van der Waals surface area (Å²) in [7, 11) is -3.92. The van der Waals surface area contributed by atoms with E-state index in [-0.39, 0.29) is 48.7 Å². The quantitative estimate of drug-likeness (QED) is 0.123. The van der Waals surface area contributed by atoms with E-state index in [0.717, 1.165) is 36.3 Å². The lowest BCUT2D eigenvalue weighted by molar-refractivity contribution is -0.140. The van der Waals surface area contributed by atoms with Gasteiger partial charge in [-0.2, -0.15) is 4.98 Å². The molecule has 1 saturated heterocycles. The van der Waals surface area contributed by atoms with E-state index in [4.69, 9.17) is 23.9 Å². The Morgan fingerprint density at radius 3 is 2.57 bits per heavy atom. The first-order valence-corrected chi connectivity index (χ1v) is 23.9. The number of carbonyl (C=O) groups is 3. The van der Waals surface area contributed by atoms with Crippen LogP contribution in [0.4, 0.5) is 9.52 Å². The summed E-state index contributed by atoms with van der Waals surface area (Å²) in [6.45, 7) is 7.69. The summed E-state index contributed by atoms with van der Waals surface area (Å²) >= 11 is 1.45. The van der Waals surface area contributed by atoms with Crippen molar-refractivity contribution in [1.82, 2.24) is 29.9 Å². The summed E-state index contributed by atoms with van der Waals surface area (Å²) in [6.07, 6.45) is 7.71. The number of carbonyl (C=O) groups excluding carboxylic acids is 3. The number of halogens is 1. The molecule has 5 atom stereocenters. The van der Waals surface area contributed by atoms with Crippen LogP contribution in [0.25, 0.3) is 33.5 Å². The number of furan rings is 1. The highest BCUT2D eigenvalue weighted by molar-refractivity contribution is 7.91. The molecular formula is C45H50FN7O8S2. The molecule has 2 saturated carbocycles. The lowest BCUT2D eigenvalue weighted by Crippen LogP contribution is -2.57. The fraction of sp³-hybridized carbons (Fsp3) is 0.467. The molecular weight excluding hydrogens is 850 g/mol. The van der Waals surface area contributed by atoms with Crippen LogP contribution in [0.2, 0.25) is 0 Å². The number of thiazole rings is 1. The maximum Gasteiger partial charge on any atom is 0.262 e. The molecule has 5 aromatic rings. The summed E-state index contributed by atoms with van der Waals surface area (Å²) in [5, 5.41) is 6.66. The first-order chi connectivity index (χ1) is 30.2. The molecule has 0 unspecified atom stereocenters. The number of hydrogen-bond acceptors (Lipinski definition) is 13. The zero-order chi connectivity index (χ0) is 44.2. The second kappa shape index (κ2) is 16.8. The molecule has 9 rings (SSSR count). The third kappa shape index (κ3) is 8.83. The van der Waals surface area contributed by atoms with Gasteiger partial charge >= 0.3 is 0 Å². The number of allylic oxidation sites excluding steroid dienone is 1. The van der Waals surface area contributed by atoms with E-state index in [9.17, 15) is 27.2 Å². The minimum Gasteiger partial charge on any atom is -0.491 e. The van der Waals surface area contributed by atoms with Crippen LogP contribution in [0.15, 0.2) is 59.0 Å². The van der Waals surface area contributed by atoms with Crippen molar-refractivity contribution in [2.45, 2.75) is 121 Å². The second-order valence-electron chi connectivity index (χ2n) is 17.3. The minimum absolute atomic E-state index is 0.00470. The van der Waals surface area contributed by atoms with Crippen LogP contribution in [-0.4, -0.2) is 87.6 Å². The molecule has 3 aromatic heterocycles. The summed E-state index contributed by atoms with van der Waals surface area (Å²) in [6, 6.07) is 9.47. The van der Waals surface area contributed by atoms with Crippen LogP contribution in [0.1, 0.15) is 82.2 Å². The number of nitrogens with zero attached hydrogens (tertiary/aromatic N) is 4. The average Bonchev–Trinajstić information content (AvgIpc) is 4.11. The lowest BCUT2D eigenvalue weighted by atomic mass is 10.1. The van der Waals surface area contributed by atoms with E-state index in [1.54, 1.807) is 12.1 Å². The third-order valence-corrected chi connectivity index (χ3v) is 15.0. The zero-order valence-electron chi connectivity index (χ0n) is 35.5. The van der Waals surface area contributed by atoms with Gasteiger partial charge in [0.1, 0.15) is 46.4 Å². The van der Waals surface area contributed by atoms with Crippen LogP contribution >= 0.6 is 11.3 Å². The number of rotatable bonds is 10. The highest BCUT2D eigenvalue weighted by atomic mass is 32.2. The molecule has 2 aliphatic heterocycles. The van der Waals surface area contributed by atoms with Gasteiger partial charge in [0.2, 0.25) is 27.4 Å². The minimum atomic E-state index is -3.92. The van der Waals surface area contributed by atoms with Crippen molar-refractivity contribution in [1.29, 1.82) is 0 Å². The number of hydrogen-bond donors (Lipinski definition) is 3. The molecule has 3 fully saturated rings. The molecule has 2 aliphatic carbocycles. The number of aromatic nitrogens is 3. The number of ether oxygens (including phenoxy) is 2. The van der Waals surface area contributed by atoms with Crippen LogP contribution in [0.5, 0.6) is 11.6 Å². The van der Waals surface area contributed by atoms with E-state index >= 15 is 0 Å². The summed E-state index contributed by atoms with van der Waals surface area (Å²) in [5.74, 6) is -1.72. The molecule has 0 bridgehead atoms. The topological polar surface area (TPSA) is 195 Å². The SMILES string of the molecule is Cc1nc(N[C@H]2CCCCC/C=C\[C@@H]3C[C@@]3(C(=O)NS(=O)(=O)C3CC3)NC(=O)[C@@H]3C[C@@H](Oc4nc(-c5ccc(OC(C)C)cc5)nc5c4oc4ccc(F)cc45)CN3C2=O)sc1C. The lowest BCUT2D eigenvalue weighted by Gasteiger charge is -2.29. The highest BCUT2D eigenvalue weighted by Gasteiger charge is 2.62. The normalized spacial score (nSPS) is 24.9. The van der Waals surface area contributed by atoms with Crippen molar-refractivity contribution < 1.29 is 41.1 Å². The molecule has 18 heteroatoms. The fourth-order valence-electron chi connectivity index (χ4n) is 8.44. The fourth-order valence-corrected chi connectivity index (χ4v) is 10.7. The Labute approximate surface area is 368 Å². The van der Waals surface area contributed by atoms with Crippen LogP contribution < -0.4 is 24.8 Å². The average molecular weight is 900 g/mol. The first-order valence-electron chi connectivity index (χ1n) is 21.6. The van der Waals surface area contributed by atoms with Crippen molar-refractivity contribution in [3.05, 3.63) is 71.0 Å². The van der Waals surface area contributed by atoms with Gasteiger partial charge in [-0.1, -0.05) is 25.0 Å². The van der Waals surface area contributed by atoms with Crippen LogP contribution in [0, 0.1) is 25.6 Å². The standard InChI is InChI=1S/C45H50FN7O8S2/c1-24(2)59-30-15-12-27(13-16-30)39-49-37-33-20-29(46)14-19-36(33)61-38(37)41(50-39)60-31-21-35-40(54)51-45(43(56)52-63(57,58)32-17-18-32)22-28(45)10-8-6-5-7-9-11-34(42(55)53(35)23-31)48-44-47-25(3)26(4)62-44/h8,10,12-16,19-20,24,28,31-32,34-35H,5-7,9,11,17-18,21-23H2,1-4H3,(H,47,48)(H,51,54)(H,52,56)/b10-8-/t28-,31-,34+,35+,45-/m1/s1. The Morgan fingerprint density at radius 1 is 1.05 bits per heavy atom. The molecule has 63 heavy (non-hydrogen) atoms. The van der Waals surface area contributed by atoms with Crippen LogP contribution in [-0.2, 0) is 24.4 Å². The molecule has 2 aromatic carbocycles. The van der Waals surface area contributed by atoms with Crippen molar-refractivity contribution in [3.63, 3.8) is 0 Å². The summed E-state index contributed by atoms with van der Waals surface area (Å²) in [5.41, 5.74) is 0.783. The van der Waals surface area contributed by atoms with E-state index in [1.807, 2.05) is 52.0 Å². The maximum absolute atomic E-state index is 14.9. The van der Waals surface area contributed by atoms with Crippen molar-refractivity contribution in [2.75, 3.05) is 11.9 Å². The Balaban J connectivity index is 1.08. The van der Waals surface area contributed by atoms with Crippen molar-refractivity contribution in [3.8, 4) is 23.0 Å². The van der Waals surface area contributed by atoms with Gasteiger partial charge in [-0.25, -0.2) is 22.8 Å². The Morgan fingerprint density at radius 2 is 1.84 bits per heavy atom. The Kier molecular flexibility index (Phi) is 11.4. The van der Waals surface area contributed by atoms with Gasteiger partial charge in [-0.05, 0) is 109 Å². The van der Waals surface area contributed by atoms with Crippen molar-refractivity contribution in [2.24, 2.45) is 5.92 Å². The van der Waals surface area contributed by atoms with Gasteiger partial charge in [0.15, 0.2) is 11.0 Å². The smallest absolute Gasteiger partial charge is 0.262 e. The number of fused-ring (bicyclic) bond motifs is 5. The number of nitrogens with one attached hydrogen (secondary N) is 3. The second-order valence-corrected chi connectivity index (χ2v) is 20.5. The van der Waals surface area contributed by atoms with Crippen LogP contribution in [0.3, 0.4) is 0 Å². The molecule has 332 valence electrons. The van der Waals surface area contributed by atoms with E-state index in [1.165, 1.54) is 34.4 Å². The summed E-state index contributed by atoms with van der Waals surface area (Å²) < 4.78 is 61.6. The van der Waals surface area contributed by atoms with E-state index in [0.29, 0.717) is 52.2 Å². The molecule has 4 aliphatic rings. The predicted molar refractivity (Wildman–Crippen MR) is 235 cm³/mol. The molecule has 15 nitrogen and oxygen atoms in total. The molecule has 0 radical (unpaired) electrons. The monoisotopic (exact) mass is 899 g/mol. The van der Waals surface area contributed by atoms with Gasteiger partial charge in [0, 0.05) is 28.2 Å². The van der Waals surface area contributed by atoms with Crippen molar-refractivity contribution >= 4 is 66.3 Å². The Hall–Kier alpha value is -5.62. The molecule has 0 spiro atoms. The van der Waals surface area contributed by atoms with E-state index in [2.05, 4.69) is 20.3 Å². The third-order valence-electron chi connectivity index (χ3n) is 12.2. The Bertz CT molecular complexity index is 2710. The number of sulfonamides is 1. The van der Waals surface area contributed by atoms with Gasteiger partial charge in [0.25, 0.3) is 11.8 Å².